The summed E-state index contributed by atoms with van der Waals surface area (Å²) < 4.78 is 6.10. The molecule has 0 aliphatic carbocycles. The zero-order chi connectivity index (χ0) is 18.7. The van der Waals surface area contributed by atoms with Crippen LogP contribution < -0.4 is 15.1 Å². The maximum atomic E-state index is 12.2. The minimum absolute atomic E-state index is 0.0227. The zero-order valence-corrected chi connectivity index (χ0v) is 15.9. The van der Waals surface area contributed by atoms with Crippen molar-refractivity contribution in [2.24, 2.45) is 0 Å². The monoisotopic (exact) mass is 409 g/mol. The fourth-order valence-electron chi connectivity index (χ4n) is 2.13. The Morgan fingerprint density at radius 1 is 1.27 bits per heavy atom. The van der Waals surface area contributed by atoms with E-state index in [0.29, 0.717) is 16.4 Å². The normalized spacial score (nSPS) is 10.7. The van der Waals surface area contributed by atoms with Crippen molar-refractivity contribution in [2.45, 2.75) is 11.9 Å². The number of rotatable bonds is 5. The molecular weight excluding hydrogens is 397 g/mol. The Hall–Kier alpha value is -2.22. The van der Waals surface area contributed by atoms with Crippen molar-refractivity contribution in [3.63, 3.8) is 0 Å². The lowest BCUT2D eigenvalue weighted by Crippen LogP contribution is -2.35. The summed E-state index contributed by atoms with van der Waals surface area (Å²) in [5.41, 5.74) is 2.15. The number of amides is 1. The van der Waals surface area contributed by atoms with E-state index < -0.39 is 5.95 Å². The van der Waals surface area contributed by atoms with Crippen LogP contribution in [0.3, 0.4) is 0 Å². The van der Waals surface area contributed by atoms with Gasteiger partial charge in [-0.1, -0.05) is 47.0 Å². The van der Waals surface area contributed by atoms with E-state index in [1.165, 1.54) is 4.68 Å². The highest BCUT2D eigenvalue weighted by atomic mass is 35.5. The van der Waals surface area contributed by atoms with Crippen LogP contribution in [-0.2, 0) is 4.79 Å². The summed E-state index contributed by atoms with van der Waals surface area (Å²) in [5.74, 6) is -0.968. The number of nitrogens with one attached hydrogen (secondary N) is 1. The van der Waals surface area contributed by atoms with Crippen LogP contribution in [0.2, 0.25) is 10.0 Å². The average Bonchev–Trinajstić information content (AvgIpc) is 2.98. The lowest BCUT2D eigenvalue weighted by molar-refractivity contribution is -0.705. The minimum atomic E-state index is -0.607. The number of halogens is 2. The highest BCUT2D eigenvalue weighted by Gasteiger charge is 2.22. The summed E-state index contributed by atoms with van der Waals surface area (Å²) in [6.07, 6.45) is 0. The van der Waals surface area contributed by atoms with Crippen LogP contribution >= 0.6 is 35.0 Å². The lowest BCUT2D eigenvalue weighted by atomic mass is 10.2. The standard InChI is InChI=1S/C17H13Cl2N3O3S/c1-10-5-7-11(8-6-10)22-16(17(24)25-21-22)26-9-14(23)20-13-4-2-3-12(18)15(13)19/h2-8H,9H2,1H3,(H-,20,21,23,24). The molecule has 26 heavy (non-hydrogen) atoms. The van der Waals surface area contributed by atoms with Gasteiger partial charge in [0.2, 0.25) is 11.6 Å². The summed E-state index contributed by atoms with van der Waals surface area (Å²) in [6.45, 7) is 1.96. The second-order valence-electron chi connectivity index (χ2n) is 5.35. The molecule has 0 aliphatic rings. The van der Waals surface area contributed by atoms with Crippen LogP contribution in [0.25, 0.3) is 5.69 Å². The van der Waals surface area contributed by atoms with E-state index in [-0.39, 0.29) is 21.7 Å². The van der Waals surface area contributed by atoms with E-state index in [0.717, 1.165) is 17.3 Å². The molecule has 1 heterocycles. The first kappa shape index (κ1) is 18.6. The van der Waals surface area contributed by atoms with Gasteiger partial charge in [-0.25, -0.2) is 0 Å². The quantitative estimate of drug-likeness (QED) is 0.515. The molecule has 0 bridgehead atoms. The molecule has 9 heteroatoms. The molecule has 0 saturated heterocycles. The maximum Gasteiger partial charge on any atom is 0.298 e. The third kappa shape index (κ3) is 4.12. The Kier molecular flexibility index (Phi) is 5.70. The summed E-state index contributed by atoms with van der Waals surface area (Å²) in [5, 5.41) is 19.1. The molecule has 0 unspecified atom stereocenters. The summed E-state index contributed by atoms with van der Waals surface area (Å²) in [7, 11) is 0. The molecule has 1 N–H and O–H groups in total. The van der Waals surface area contributed by atoms with Gasteiger partial charge in [-0.2, -0.15) is 0 Å². The smallest absolute Gasteiger partial charge is 0.298 e. The van der Waals surface area contributed by atoms with Gasteiger partial charge in [0.25, 0.3) is 5.03 Å². The van der Waals surface area contributed by atoms with Gasteiger partial charge in [0.05, 0.1) is 26.8 Å². The number of thioether (sulfide) groups is 1. The molecule has 2 aromatic carbocycles. The second kappa shape index (κ2) is 7.99. The third-order valence-electron chi connectivity index (χ3n) is 3.42. The molecule has 134 valence electrons. The first-order valence-corrected chi connectivity index (χ1v) is 9.22. The Bertz CT molecular complexity index is 945. The number of nitrogens with zero attached hydrogens (tertiary/aromatic N) is 2. The van der Waals surface area contributed by atoms with E-state index in [1.54, 1.807) is 18.2 Å². The van der Waals surface area contributed by atoms with Crippen molar-refractivity contribution in [3.8, 4) is 11.6 Å². The zero-order valence-electron chi connectivity index (χ0n) is 13.5. The SMILES string of the molecule is Cc1ccc(-[n+]2noc([O-])c2SCC(=O)Nc2cccc(Cl)c2Cl)cc1. The van der Waals surface area contributed by atoms with Crippen molar-refractivity contribution in [1.29, 1.82) is 0 Å². The predicted octanol–water partition coefficient (Wildman–Crippen LogP) is 3.37. The Morgan fingerprint density at radius 3 is 2.73 bits per heavy atom. The van der Waals surface area contributed by atoms with Crippen molar-refractivity contribution in [2.75, 3.05) is 11.1 Å². The largest absolute Gasteiger partial charge is 0.538 e. The van der Waals surface area contributed by atoms with E-state index in [2.05, 4.69) is 10.6 Å². The molecule has 0 atom stereocenters. The molecule has 0 saturated carbocycles. The van der Waals surface area contributed by atoms with Crippen molar-refractivity contribution in [3.05, 3.63) is 58.1 Å². The van der Waals surface area contributed by atoms with Gasteiger partial charge in [-0.15, -0.1) is 0 Å². The Labute approximate surface area is 163 Å². The number of carbonyl (C=O) groups is 1. The molecule has 3 rings (SSSR count). The lowest BCUT2D eigenvalue weighted by Gasteiger charge is -2.07. The molecular formula is C17H13Cl2N3O3S. The van der Waals surface area contributed by atoms with Gasteiger partial charge in [0, 0.05) is 12.1 Å². The van der Waals surface area contributed by atoms with Crippen LogP contribution in [-0.4, -0.2) is 16.9 Å². The summed E-state index contributed by atoms with van der Waals surface area (Å²) in [6, 6.07) is 12.4. The van der Waals surface area contributed by atoms with Crippen molar-refractivity contribution < 1.29 is 19.1 Å². The number of benzene rings is 2. The first-order chi connectivity index (χ1) is 12.5. The molecule has 6 nitrogen and oxygen atoms in total. The molecule has 1 aromatic heterocycles. The maximum absolute atomic E-state index is 12.2. The predicted molar refractivity (Wildman–Crippen MR) is 98.0 cm³/mol. The summed E-state index contributed by atoms with van der Waals surface area (Å²) >= 11 is 13.0. The van der Waals surface area contributed by atoms with E-state index in [4.69, 9.17) is 27.7 Å². The van der Waals surface area contributed by atoms with Crippen molar-refractivity contribution >= 4 is 46.6 Å². The highest BCUT2D eigenvalue weighted by molar-refractivity contribution is 7.99. The fraction of sp³-hybridized carbons (Fsp3) is 0.118. The number of anilines is 1. The van der Waals surface area contributed by atoms with Crippen LogP contribution in [0.5, 0.6) is 5.95 Å². The van der Waals surface area contributed by atoms with Crippen LogP contribution in [0, 0.1) is 6.92 Å². The first-order valence-electron chi connectivity index (χ1n) is 7.48. The number of hydrogen-bond acceptors (Lipinski definition) is 5. The molecule has 3 aromatic rings. The van der Waals surface area contributed by atoms with Crippen molar-refractivity contribution in [1.82, 2.24) is 5.27 Å². The number of hydrogen-bond donors (Lipinski definition) is 1. The number of aryl methyl sites for hydroxylation is 1. The van der Waals surface area contributed by atoms with Gasteiger partial charge < -0.3 is 14.9 Å². The molecule has 0 radical (unpaired) electrons. The van der Waals surface area contributed by atoms with Gasteiger partial charge in [-0.3, -0.25) is 4.79 Å². The van der Waals surface area contributed by atoms with Gasteiger partial charge in [0.1, 0.15) is 0 Å². The van der Waals surface area contributed by atoms with Crippen LogP contribution in [0.1, 0.15) is 5.56 Å². The Balaban J connectivity index is 1.72. The van der Waals surface area contributed by atoms with E-state index in [9.17, 15) is 9.90 Å². The number of aromatic nitrogens is 2. The van der Waals surface area contributed by atoms with Gasteiger partial charge in [0.15, 0.2) is 5.95 Å². The van der Waals surface area contributed by atoms with E-state index >= 15 is 0 Å². The topological polar surface area (TPSA) is 82.1 Å². The number of carbonyl (C=O) groups excluding carboxylic acids is 1. The average molecular weight is 410 g/mol. The molecule has 0 fully saturated rings. The van der Waals surface area contributed by atoms with Crippen LogP contribution in [0.15, 0.2) is 52.0 Å². The molecule has 0 aliphatic heterocycles. The van der Waals surface area contributed by atoms with Gasteiger partial charge >= 0.3 is 0 Å². The fourth-order valence-corrected chi connectivity index (χ4v) is 3.24. The van der Waals surface area contributed by atoms with Gasteiger partial charge in [-0.05, 0) is 35.5 Å². The second-order valence-corrected chi connectivity index (χ2v) is 7.10. The highest BCUT2D eigenvalue weighted by Crippen LogP contribution is 2.30. The minimum Gasteiger partial charge on any atom is -0.538 e. The Morgan fingerprint density at radius 2 is 2.00 bits per heavy atom. The molecule has 0 spiro atoms. The molecule has 1 amide bonds. The van der Waals surface area contributed by atoms with E-state index in [1.807, 2.05) is 31.2 Å². The third-order valence-corrected chi connectivity index (χ3v) is 5.26. The van der Waals surface area contributed by atoms with Crippen LogP contribution in [0.4, 0.5) is 5.69 Å². The summed E-state index contributed by atoms with van der Waals surface area (Å²) in [4.78, 5) is 12.2.